The van der Waals surface area contributed by atoms with Crippen molar-refractivity contribution in [1.82, 2.24) is 4.90 Å². The van der Waals surface area contributed by atoms with Crippen LogP contribution in [0.15, 0.2) is 51.9 Å². The van der Waals surface area contributed by atoms with Gasteiger partial charge in [-0.05, 0) is 74.9 Å². The van der Waals surface area contributed by atoms with Gasteiger partial charge >= 0.3 is 5.97 Å². The predicted molar refractivity (Wildman–Crippen MR) is 150 cm³/mol. The van der Waals surface area contributed by atoms with Crippen molar-refractivity contribution in [3.63, 3.8) is 0 Å². The maximum atomic E-state index is 13.4. The SMILES string of the molecule is CCCCC1=NC2(CCCC2)C(=O)N1Cc1ccc(-c2cc(OC(C)(C)C(=O)OCC)ccc2Br)cc1. The molecule has 0 atom stereocenters. The highest BCUT2D eigenvalue weighted by molar-refractivity contribution is 9.10. The molecule has 0 bridgehead atoms. The highest BCUT2D eigenvalue weighted by Crippen LogP contribution is 2.40. The average Bonchev–Trinajstić information content (AvgIpc) is 3.45. The van der Waals surface area contributed by atoms with E-state index in [1.54, 1.807) is 20.8 Å². The van der Waals surface area contributed by atoms with E-state index < -0.39 is 17.1 Å². The lowest BCUT2D eigenvalue weighted by Crippen LogP contribution is -2.40. The molecule has 7 heteroatoms. The van der Waals surface area contributed by atoms with Crippen molar-refractivity contribution >= 4 is 33.6 Å². The molecule has 1 aliphatic heterocycles. The number of esters is 1. The second-order valence-corrected chi connectivity index (χ2v) is 11.3. The predicted octanol–water partition coefficient (Wildman–Crippen LogP) is 7.08. The van der Waals surface area contributed by atoms with E-state index in [0.29, 0.717) is 18.9 Å². The summed E-state index contributed by atoms with van der Waals surface area (Å²) in [5, 5.41) is 0. The molecule has 37 heavy (non-hydrogen) atoms. The highest BCUT2D eigenvalue weighted by Gasteiger charge is 2.49. The van der Waals surface area contributed by atoms with Crippen LogP contribution in [0.4, 0.5) is 0 Å². The van der Waals surface area contributed by atoms with Gasteiger partial charge in [0.15, 0.2) is 5.60 Å². The number of amides is 1. The quantitative estimate of drug-likeness (QED) is 0.287. The third kappa shape index (κ3) is 5.92. The fraction of sp³-hybridized carbons (Fsp3) is 0.500. The molecule has 1 amide bonds. The molecule has 1 aliphatic carbocycles. The Morgan fingerprint density at radius 1 is 1.11 bits per heavy atom. The second-order valence-electron chi connectivity index (χ2n) is 10.4. The van der Waals surface area contributed by atoms with Crippen LogP contribution in [0.2, 0.25) is 0 Å². The zero-order valence-electron chi connectivity index (χ0n) is 22.3. The van der Waals surface area contributed by atoms with Crippen molar-refractivity contribution in [3.05, 3.63) is 52.5 Å². The number of carbonyl (C=O) groups is 2. The Balaban J connectivity index is 1.51. The van der Waals surface area contributed by atoms with Crippen LogP contribution in [0.1, 0.15) is 78.2 Å². The molecule has 2 aliphatic rings. The van der Waals surface area contributed by atoms with Gasteiger partial charge in [-0.1, -0.05) is 66.4 Å². The molecule has 2 aromatic rings. The number of ether oxygens (including phenoxy) is 2. The Kier molecular flexibility index (Phi) is 8.42. The molecule has 1 saturated carbocycles. The molecule has 1 spiro atoms. The third-order valence-electron chi connectivity index (χ3n) is 7.17. The van der Waals surface area contributed by atoms with E-state index in [-0.39, 0.29) is 5.91 Å². The van der Waals surface area contributed by atoms with E-state index in [1.807, 2.05) is 23.1 Å². The van der Waals surface area contributed by atoms with Crippen molar-refractivity contribution < 1.29 is 19.1 Å². The van der Waals surface area contributed by atoms with E-state index in [4.69, 9.17) is 14.5 Å². The first-order valence-corrected chi connectivity index (χ1v) is 14.1. The molecule has 0 saturated heterocycles. The lowest BCUT2D eigenvalue weighted by Gasteiger charge is -2.24. The lowest BCUT2D eigenvalue weighted by molar-refractivity contribution is -0.158. The smallest absolute Gasteiger partial charge is 0.349 e. The van der Waals surface area contributed by atoms with Crippen LogP contribution in [-0.4, -0.2) is 40.4 Å². The number of amidine groups is 1. The normalized spacial score (nSPS) is 16.8. The molecule has 6 nitrogen and oxygen atoms in total. The average molecular weight is 570 g/mol. The number of hydrogen-bond acceptors (Lipinski definition) is 5. The first kappa shape index (κ1) is 27.4. The molecule has 0 radical (unpaired) electrons. The van der Waals surface area contributed by atoms with E-state index in [0.717, 1.165) is 71.9 Å². The molecule has 0 aromatic heterocycles. The van der Waals surface area contributed by atoms with Crippen LogP contribution in [0.5, 0.6) is 5.75 Å². The van der Waals surface area contributed by atoms with E-state index in [9.17, 15) is 9.59 Å². The van der Waals surface area contributed by atoms with Crippen LogP contribution in [0.3, 0.4) is 0 Å². The maximum absolute atomic E-state index is 13.4. The summed E-state index contributed by atoms with van der Waals surface area (Å²) >= 11 is 3.65. The second kappa shape index (κ2) is 11.4. The Bertz CT molecular complexity index is 1170. The van der Waals surface area contributed by atoms with Crippen molar-refractivity contribution in [3.8, 4) is 16.9 Å². The summed E-state index contributed by atoms with van der Waals surface area (Å²) in [4.78, 5) is 32.6. The summed E-state index contributed by atoms with van der Waals surface area (Å²) in [6, 6.07) is 13.9. The van der Waals surface area contributed by atoms with Crippen molar-refractivity contribution in [2.45, 2.75) is 90.3 Å². The summed E-state index contributed by atoms with van der Waals surface area (Å²) in [6.07, 6.45) is 6.87. The summed E-state index contributed by atoms with van der Waals surface area (Å²) in [7, 11) is 0. The molecule has 0 unspecified atom stereocenters. The van der Waals surface area contributed by atoms with Gasteiger partial charge < -0.3 is 9.47 Å². The van der Waals surface area contributed by atoms with Gasteiger partial charge in [0, 0.05) is 10.9 Å². The Hall–Kier alpha value is -2.67. The molecule has 2 aromatic carbocycles. The molecule has 1 heterocycles. The topological polar surface area (TPSA) is 68.2 Å². The number of halogens is 1. The van der Waals surface area contributed by atoms with Crippen molar-refractivity contribution in [2.24, 2.45) is 4.99 Å². The Morgan fingerprint density at radius 3 is 2.46 bits per heavy atom. The molecule has 0 N–H and O–H groups in total. The number of nitrogens with zero attached hydrogens (tertiary/aromatic N) is 2. The zero-order chi connectivity index (χ0) is 26.6. The summed E-state index contributed by atoms with van der Waals surface area (Å²) in [6.45, 7) is 8.20. The minimum atomic E-state index is -1.10. The van der Waals surface area contributed by atoms with Crippen LogP contribution in [0.25, 0.3) is 11.1 Å². The first-order chi connectivity index (χ1) is 17.7. The first-order valence-electron chi connectivity index (χ1n) is 13.3. The number of aliphatic imine (C=N–C) groups is 1. The standard InChI is InChI=1S/C30H37BrN2O4/c1-5-7-10-26-32-30(17-8-9-18-30)27(34)33(26)20-21-11-13-22(14-12-21)24-19-23(15-16-25(24)31)37-29(3,4)28(35)36-6-2/h11-16,19H,5-10,17-18,20H2,1-4H3. The molecular formula is C30H37BrN2O4. The Morgan fingerprint density at radius 2 is 1.81 bits per heavy atom. The molecular weight excluding hydrogens is 532 g/mol. The van der Waals surface area contributed by atoms with E-state index >= 15 is 0 Å². The number of hydrogen-bond donors (Lipinski definition) is 0. The Labute approximate surface area is 228 Å². The van der Waals surface area contributed by atoms with Gasteiger partial charge in [-0.3, -0.25) is 14.7 Å². The minimum Gasteiger partial charge on any atom is -0.476 e. The van der Waals surface area contributed by atoms with Crippen molar-refractivity contribution in [1.29, 1.82) is 0 Å². The van der Waals surface area contributed by atoms with Crippen LogP contribution >= 0.6 is 15.9 Å². The van der Waals surface area contributed by atoms with Gasteiger partial charge in [0.05, 0.1) is 13.2 Å². The largest absolute Gasteiger partial charge is 0.476 e. The monoisotopic (exact) mass is 568 g/mol. The molecule has 1 fully saturated rings. The maximum Gasteiger partial charge on any atom is 0.349 e. The van der Waals surface area contributed by atoms with Gasteiger partial charge in [0.25, 0.3) is 5.91 Å². The number of carbonyl (C=O) groups excluding carboxylic acids is 2. The van der Waals surface area contributed by atoms with Gasteiger partial charge in [0.1, 0.15) is 17.1 Å². The van der Waals surface area contributed by atoms with Gasteiger partial charge in [-0.15, -0.1) is 0 Å². The van der Waals surface area contributed by atoms with Crippen LogP contribution in [-0.2, 0) is 20.9 Å². The molecule has 4 rings (SSSR count). The van der Waals surface area contributed by atoms with Gasteiger partial charge in [-0.2, -0.15) is 0 Å². The number of unbranched alkanes of at least 4 members (excludes halogenated alkanes) is 1. The summed E-state index contributed by atoms with van der Waals surface area (Å²) in [5.74, 6) is 1.31. The third-order valence-corrected chi connectivity index (χ3v) is 7.86. The van der Waals surface area contributed by atoms with Crippen LogP contribution < -0.4 is 4.74 Å². The minimum absolute atomic E-state index is 0.178. The highest BCUT2D eigenvalue weighted by atomic mass is 79.9. The van der Waals surface area contributed by atoms with E-state index in [2.05, 4.69) is 47.1 Å². The summed E-state index contributed by atoms with van der Waals surface area (Å²) in [5.41, 5.74) is 1.43. The van der Waals surface area contributed by atoms with E-state index in [1.165, 1.54) is 0 Å². The zero-order valence-corrected chi connectivity index (χ0v) is 23.9. The number of rotatable bonds is 10. The van der Waals surface area contributed by atoms with Gasteiger partial charge in [-0.25, -0.2) is 4.79 Å². The summed E-state index contributed by atoms with van der Waals surface area (Å²) < 4.78 is 12.1. The fourth-order valence-corrected chi connectivity index (χ4v) is 5.58. The lowest BCUT2D eigenvalue weighted by atomic mass is 9.98. The molecule has 198 valence electrons. The van der Waals surface area contributed by atoms with Crippen molar-refractivity contribution in [2.75, 3.05) is 6.61 Å². The van der Waals surface area contributed by atoms with Gasteiger partial charge in [0.2, 0.25) is 0 Å². The number of benzene rings is 2. The van der Waals surface area contributed by atoms with Crippen LogP contribution in [0, 0.1) is 0 Å². The fourth-order valence-electron chi connectivity index (χ4n) is 5.10.